The molecule has 1 aromatic heterocycles. The predicted molar refractivity (Wildman–Crippen MR) is 86.2 cm³/mol. The van der Waals surface area contributed by atoms with E-state index in [1.54, 1.807) is 11.3 Å². The first-order valence-corrected chi connectivity index (χ1v) is 8.47. The van der Waals surface area contributed by atoms with Crippen LogP contribution in [0.4, 0.5) is 5.69 Å². The Morgan fingerprint density at radius 2 is 2.20 bits per heavy atom. The minimum atomic E-state index is -0.889. The average molecular weight is 307 g/mol. The Kier molecular flexibility index (Phi) is 5.09. The highest BCUT2D eigenvalue weighted by atomic mass is 32.2. The van der Waals surface area contributed by atoms with Crippen LogP contribution in [-0.4, -0.2) is 17.3 Å². The Morgan fingerprint density at radius 3 is 2.85 bits per heavy atom. The van der Waals surface area contributed by atoms with E-state index in [0.29, 0.717) is 17.8 Å². The van der Waals surface area contributed by atoms with Crippen molar-refractivity contribution < 1.29 is 9.90 Å². The Morgan fingerprint density at radius 1 is 1.40 bits per heavy atom. The van der Waals surface area contributed by atoms with Crippen molar-refractivity contribution in [2.24, 2.45) is 0 Å². The number of hydrogen-bond acceptors (Lipinski definition) is 4. The Hall–Kier alpha value is -1.46. The van der Waals surface area contributed by atoms with Gasteiger partial charge in [0, 0.05) is 16.3 Å². The van der Waals surface area contributed by atoms with Gasteiger partial charge in [0.1, 0.15) is 0 Å². The molecule has 0 unspecified atom stereocenters. The highest BCUT2D eigenvalue weighted by molar-refractivity contribution is 7.98. The van der Waals surface area contributed by atoms with Crippen LogP contribution >= 0.6 is 23.1 Å². The van der Waals surface area contributed by atoms with Crippen LogP contribution in [0.25, 0.3) is 0 Å². The molecule has 0 saturated carbocycles. The van der Waals surface area contributed by atoms with Gasteiger partial charge in [0.25, 0.3) is 0 Å². The molecule has 0 spiro atoms. The van der Waals surface area contributed by atoms with Crippen molar-refractivity contribution in [1.82, 2.24) is 0 Å². The maximum absolute atomic E-state index is 11.4. The number of aryl methyl sites for hydroxylation is 1. The molecule has 0 aliphatic heterocycles. The van der Waals surface area contributed by atoms with Gasteiger partial charge in [-0.15, -0.1) is 23.1 Å². The molecule has 1 aromatic carbocycles. The second kappa shape index (κ2) is 6.81. The van der Waals surface area contributed by atoms with Crippen LogP contribution in [0.3, 0.4) is 0 Å². The largest absolute Gasteiger partial charge is 0.478 e. The molecule has 0 radical (unpaired) electrons. The van der Waals surface area contributed by atoms with Gasteiger partial charge in [-0.3, -0.25) is 0 Å². The summed E-state index contributed by atoms with van der Waals surface area (Å²) >= 11 is 3.15. The van der Waals surface area contributed by atoms with Gasteiger partial charge in [-0.05, 0) is 41.8 Å². The fourth-order valence-electron chi connectivity index (χ4n) is 2.08. The zero-order chi connectivity index (χ0) is 14.5. The van der Waals surface area contributed by atoms with E-state index in [4.69, 9.17) is 0 Å². The van der Waals surface area contributed by atoms with E-state index in [2.05, 4.69) is 23.7 Å². The molecule has 106 valence electrons. The molecule has 5 heteroatoms. The van der Waals surface area contributed by atoms with Gasteiger partial charge >= 0.3 is 5.97 Å². The molecule has 0 aliphatic carbocycles. The van der Waals surface area contributed by atoms with E-state index in [1.165, 1.54) is 22.2 Å². The summed E-state index contributed by atoms with van der Waals surface area (Å²) in [6, 6.07) is 7.66. The SMILES string of the molecule is CCc1ccsc1CNc1cccc(SC)c1C(=O)O. The number of carboxylic acid groups (broad SMARTS) is 1. The van der Waals surface area contributed by atoms with Gasteiger partial charge in [0.15, 0.2) is 0 Å². The zero-order valence-corrected chi connectivity index (χ0v) is 13.1. The number of hydrogen-bond donors (Lipinski definition) is 2. The van der Waals surface area contributed by atoms with Crippen LogP contribution < -0.4 is 5.32 Å². The first-order valence-electron chi connectivity index (χ1n) is 6.36. The van der Waals surface area contributed by atoms with E-state index in [-0.39, 0.29) is 0 Å². The summed E-state index contributed by atoms with van der Waals surface area (Å²) in [6.45, 7) is 2.79. The predicted octanol–water partition coefficient (Wildman–Crippen LogP) is 4.34. The maximum Gasteiger partial charge on any atom is 0.338 e. The lowest BCUT2D eigenvalue weighted by atomic mass is 10.1. The first kappa shape index (κ1) is 14.9. The fourth-order valence-corrected chi connectivity index (χ4v) is 3.61. The highest BCUT2D eigenvalue weighted by Gasteiger charge is 2.15. The summed E-state index contributed by atoms with van der Waals surface area (Å²) in [5.74, 6) is -0.889. The highest BCUT2D eigenvalue weighted by Crippen LogP contribution is 2.28. The van der Waals surface area contributed by atoms with Crippen LogP contribution in [0.15, 0.2) is 34.5 Å². The number of thiophene rings is 1. The second-order valence-electron chi connectivity index (χ2n) is 4.26. The Labute approximate surface area is 127 Å². The number of benzene rings is 1. The quantitative estimate of drug-likeness (QED) is 0.779. The molecule has 2 N–H and O–H groups in total. The van der Waals surface area contributed by atoms with Gasteiger partial charge in [0.05, 0.1) is 11.3 Å². The summed E-state index contributed by atoms with van der Waals surface area (Å²) in [7, 11) is 0. The van der Waals surface area contributed by atoms with E-state index in [0.717, 1.165) is 11.3 Å². The van der Waals surface area contributed by atoms with E-state index in [9.17, 15) is 9.90 Å². The molecule has 1 heterocycles. The third kappa shape index (κ3) is 3.16. The van der Waals surface area contributed by atoms with Crippen LogP contribution in [-0.2, 0) is 13.0 Å². The minimum absolute atomic E-state index is 0.356. The molecule has 20 heavy (non-hydrogen) atoms. The minimum Gasteiger partial charge on any atom is -0.478 e. The molecule has 0 bridgehead atoms. The second-order valence-corrected chi connectivity index (χ2v) is 6.11. The van der Waals surface area contributed by atoms with Crippen molar-refractivity contribution in [3.63, 3.8) is 0 Å². The molecule has 0 aliphatic rings. The van der Waals surface area contributed by atoms with E-state index in [1.807, 2.05) is 24.5 Å². The molecule has 2 rings (SSSR count). The van der Waals surface area contributed by atoms with Crippen molar-refractivity contribution in [2.45, 2.75) is 24.8 Å². The van der Waals surface area contributed by atoms with Crippen molar-refractivity contribution >= 4 is 34.8 Å². The normalized spacial score (nSPS) is 10.5. The summed E-state index contributed by atoms with van der Waals surface area (Å²) < 4.78 is 0. The van der Waals surface area contributed by atoms with Crippen molar-refractivity contribution in [3.8, 4) is 0 Å². The lowest BCUT2D eigenvalue weighted by Crippen LogP contribution is -2.07. The number of rotatable bonds is 6. The fraction of sp³-hybridized carbons (Fsp3) is 0.267. The maximum atomic E-state index is 11.4. The third-order valence-electron chi connectivity index (χ3n) is 3.12. The Bertz CT molecular complexity index is 608. The molecule has 0 saturated heterocycles. The summed E-state index contributed by atoms with van der Waals surface area (Å²) in [6.07, 6.45) is 2.89. The average Bonchev–Trinajstić information content (AvgIpc) is 2.91. The monoisotopic (exact) mass is 307 g/mol. The smallest absolute Gasteiger partial charge is 0.338 e. The van der Waals surface area contributed by atoms with Gasteiger partial charge in [-0.2, -0.15) is 0 Å². The van der Waals surface area contributed by atoms with Crippen LogP contribution in [0.1, 0.15) is 27.7 Å². The van der Waals surface area contributed by atoms with Gasteiger partial charge in [-0.1, -0.05) is 13.0 Å². The van der Waals surface area contributed by atoms with Gasteiger partial charge < -0.3 is 10.4 Å². The Balaban J connectivity index is 2.23. The number of carboxylic acids is 1. The third-order valence-corrected chi connectivity index (χ3v) is 4.86. The zero-order valence-electron chi connectivity index (χ0n) is 11.5. The van der Waals surface area contributed by atoms with Crippen molar-refractivity contribution in [2.75, 3.05) is 11.6 Å². The van der Waals surface area contributed by atoms with E-state index >= 15 is 0 Å². The first-order chi connectivity index (χ1) is 9.67. The molecule has 0 fully saturated rings. The lowest BCUT2D eigenvalue weighted by Gasteiger charge is -2.12. The number of anilines is 1. The van der Waals surface area contributed by atoms with Crippen LogP contribution in [0.2, 0.25) is 0 Å². The number of aromatic carboxylic acids is 1. The topological polar surface area (TPSA) is 49.3 Å². The van der Waals surface area contributed by atoms with Crippen LogP contribution in [0, 0.1) is 0 Å². The number of carbonyl (C=O) groups is 1. The standard InChI is InChI=1S/C15H17NO2S2/c1-3-10-7-8-20-13(10)9-16-11-5-4-6-12(19-2)14(11)15(17)18/h4-8,16H,3,9H2,1-2H3,(H,17,18). The molecular formula is C15H17NO2S2. The summed E-state index contributed by atoms with van der Waals surface area (Å²) in [5.41, 5.74) is 2.36. The molecule has 2 aromatic rings. The van der Waals surface area contributed by atoms with Crippen LogP contribution in [0.5, 0.6) is 0 Å². The lowest BCUT2D eigenvalue weighted by molar-refractivity contribution is 0.0694. The van der Waals surface area contributed by atoms with Gasteiger partial charge in [0.2, 0.25) is 0 Å². The summed E-state index contributed by atoms with van der Waals surface area (Å²) in [4.78, 5) is 13.5. The van der Waals surface area contributed by atoms with Gasteiger partial charge in [-0.25, -0.2) is 4.79 Å². The molecular weight excluding hydrogens is 290 g/mol. The summed E-state index contributed by atoms with van der Waals surface area (Å²) in [5, 5.41) is 14.7. The molecule has 3 nitrogen and oxygen atoms in total. The van der Waals surface area contributed by atoms with Crippen molar-refractivity contribution in [3.05, 3.63) is 45.6 Å². The van der Waals surface area contributed by atoms with E-state index < -0.39 is 5.97 Å². The molecule has 0 amide bonds. The molecule has 0 atom stereocenters. The number of nitrogens with one attached hydrogen (secondary N) is 1. The number of thioether (sulfide) groups is 1. The van der Waals surface area contributed by atoms with Crippen molar-refractivity contribution in [1.29, 1.82) is 0 Å².